The van der Waals surface area contributed by atoms with E-state index in [4.69, 9.17) is 11.6 Å². The van der Waals surface area contributed by atoms with Crippen molar-refractivity contribution in [1.29, 1.82) is 0 Å². The van der Waals surface area contributed by atoms with Crippen molar-refractivity contribution in [2.45, 2.75) is 18.4 Å². The van der Waals surface area contributed by atoms with E-state index in [-0.39, 0.29) is 5.91 Å². The molecule has 2 aromatic carbocycles. The Bertz CT molecular complexity index is 866. The minimum Gasteiger partial charge on any atom is -0.351 e. The molecule has 0 radical (unpaired) electrons. The molecule has 4 nitrogen and oxygen atoms in total. The van der Waals surface area contributed by atoms with Gasteiger partial charge in [0.1, 0.15) is 5.15 Å². The van der Waals surface area contributed by atoms with Gasteiger partial charge in [-0.2, -0.15) is 5.10 Å². The third kappa shape index (κ3) is 4.68. The van der Waals surface area contributed by atoms with Crippen LogP contribution in [0.2, 0.25) is 5.15 Å². The first-order valence-corrected chi connectivity index (χ1v) is 9.74. The molecule has 1 N–H and O–H groups in total. The van der Waals surface area contributed by atoms with Crippen molar-refractivity contribution in [2.75, 3.05) is 12.3 Å². The fraction of sp³-hybridized carbons (Fsp3) is 0.200. The van der Waals surface area contributed by atoms with Crippen LogP contribution in [0.4, 0.5) is 0 Å². The maximum absolute atomic E-state index is 12.5. The van der Waals surface area contributed by atoms with Crippen molar-refractivity contribution in [1.82, 2.24) is 15.1 Å². The number of amides is 1. The maximum Gasteiger partial charge on any atom is 0.256 e. The number of carbonyl (C=O) groups is 1. The van der Waals surface area contributed by atoms with Gasteiger partial charge >= 0.3 is 0 Å². The number of halogens is 1. The highest BCUT2D eigenvalue weighted by atomic mass is 35.5. The maximum atomic E-state index is 12.5. The van der Waals surface area contributed by atoms with Gasteiger partial charge < -0.3 is 5.32 Å². The highest BCUT2D eigenvalue weighted by Gasteiger charge is 2.20. The van der Waals surface area contributed by atoms with Crippen LogP contribution < -0.4 is 5.32 Å². The summed E-state index contributed by atoms with van der Waals surface area (Å²) in [6.45, 7) is 2.91. The van der Waals surface area contributed by atoms with Gasteiger partial charge in [0.2, 0.25) is 0 Å². The fourth-order valence-electron chi connectivity index (χ4n) is 2.61. The van der Waals surface area contributed by atoms with Crippen molar-refractivity contribution < 1.29 is 4.79 Å². The molecule has 1 heterocycles. The van der Waals surface area contributed by atoms with Crippen molar-refractivity contribution in [3.05, 3.63) is 82.6 Å². The van der Waals surface area contributed by atoms with Gasteiger partial charge in [0, 0.05) is 17.2 Å². The second kappa shape index (κ2) is 8.92. The second-order valence-electron chi connectivity index (χ2n) is 5.81. The van der Waals surface area contributed by atoms with Crippen molar-refractivity contribution >= 4 is 29.3 Å². The summed E-state index contributed by atoms with van der Waals surface area (Å²) in [5.74, 6) is 0.616. The number of hydrogen-bond acceptors (Lipinski definition) is 3. The predicted octanol–water partition coefficient (Wildman–Crippen LogP) is 4.42. The lowest BCUT2D eigenvalue weighted by molar-refractivity contribution is 0.0955. The molecule has 0 bridgehead atoms. The number of benzene rings is 2. The fourth-order valence-corrected chi connectivity index (χ4v) is 3.72. The summed E-state index contributed by atoms with van der Waals surface area (Å²) in [6.07, 6.45) is 0. The minimum atomic E-state index is -0.180. The number of hydrogen-bond donors (Lipinski definition) is 1. The van der Waals surface area contributed by atoms with Crippen LogP contribution in [0.15, 0.2) is 65.6 Å². The molecule has 3 rings (SSSR count). The SMILES string of the molecule is Cc1nn(Cc2ccccc2)c(Cl)c1C(=O)NCCSc1ccccc1. The first-order chi connectivity index (χ1) is 12.6. The molecule has 0 aliphatic heterocycles. The molecule has 0 fully saturated rings. The molecule has 0 unspecified atom stereocenters. The molecule has 0 saturated heterocycles. The van der Waals surface area contributed by atoms with E-state index in [0.29, 0.717) is 29.5 Å². The smallest absolute Gasteiger partial charge is 0.256 e. The van der Waals surface area contributed by atoms with Crippen LogP contribution in [0, 0.1) is 6.92 Å². The Morgan fingerprint density at radius 1 is 1.12 bits per heavy atom. The predicted molar refractivity (Wildman–Crippen MR) is 107 cm³/mol. The molecule has 1 amide bonds. The average Bonchev–Trinajstić information content (AvgIpc) is 2.94. The Balaban J connectivity index is 1.59. The summed E-state index contributed by atoms with van der Waals surface area (Å²) in [5.41, 5.74) is 2.18. The van der Waals surface area contributed by atoms with Crippen LogP contribution in [0.3, 0.4) is 0 Å². The highest BCUT2D eigenvalue weighted by Crippen LogP contribution is 2.21. The van der Waals surface area contributed by atoms with Crippen LogP contribution in [-0.2, 0) is 6.54 Å². The molecule has 26 heavy (non-hydrogen) atoms. The third-order valence-corrected chi connectivity index (χ3v) is 5.27. The van der Waals surface area contributed by atoms with E-state index in [9.17, 15) is 4.79 Å². The van der Waals surface area contributed by atoms with E-state index in [0.717, 1.165) is 11.3 Å². The van der Waals surface area contributed by atoms with Crippen LogP contribution >= 0.6 is 23.4 Å². The Labute approximate surface area is 162 Å². The quantitative estimate of drug-likeness (QED) is 0.484. The minimum absolute atomic E-state index is 0.180. The standard InChI is InChI=1S/C20H20ClN3OS/c1-15-18(19(21)24(23-15)14-16-8-4-2-5-9-16)20(25)22-12-13-26-17-10-6-3-7-11-17/h2-11H,12-14H2,1H3,(H,22,25). The molecule has 134 valence electrons. The first-order valence-electron chi connectivity index (χ1n) is 8.38. The Kier molecular flexibility index (Phi) is 6.36. The number of nitrogens with zero attached hydrogens (tertiary/aromatic N) is 2. The third-order valence-electron chi connectivity index (χ3n) is 3.87. The molecule has 6 heteroatoms. The zero-order valence-electron chi connectivity index (χ0n) is 14.5. The van der Waals surface area contributed by atoms with Crippen molar-refractivity contribution in [3.8, 4) is 0 Å². The molecule has 1 aromatic heterocycles. The van der Waals surface area contributed by atoms with Gasteiger partial charge in [-0.05, 0) is 24.6 Å². The van der Waals surface area contributed by atoms with E-state index in [1.165, 1.54) is 4.90 Å². The molecular formula is C20H20ClN3OS. The normalized spacial score (nSPS) is 10.7. The zero-order chi connectivity index (χ0) is 18.4. The van der Waals surface area contributed by atoms with Gasteiger partial charge in [0.15, 0.2) is 0 Å². The molecule has 3 aromatic rings. The van der Waals surface area contributed by atoms with Gasteiger partial charge in [-0.3, -0.25) is 4.79 Å². The van der Waals surface area contributed by atoms with Crippen LogP contribution in [0.25, 0.3) is 0 Å². The monoisotopic (exact) mass is 385 g/mol. The molecule has 0 spiro atoms. The Morgan fingerprint density at radius 2 is 1.77 bits per heavy atom. The molecule has 0 aliphatic rings. The van der Waals surface area contributed by atoms with Crippen LogP contribution in [-0.4, -0.2) is 28.0 Å². The van der Waals surface area contributed by atoms with Gasteiger partial charge in [-0.25, -0.2) is 4.68 Å². The van der Waals surface area contributed by atoms with Crippen molar-refractivity contribution in [2.24, 2.45) is 0 Å². The Hall–Kier alpha value is -2.24. The van der Waals surface area contributed by atoms with Gasteiger partial charge in [-0.15, -0.1) is 11.8 Å². The number of rotatable bonds is 7. The number of aromatic nitrogens is 2. The van der Waals surface area contributed by atoms with Crippen LogP contribution in [0.1, 0.15) is 21.6 Å². The van der Waals surface area contributed by atoms with E-state index >= 15 is 0 Å². The summed E-state index contributed by atoms with van der Waals surface area (Å²) in [4.78, 5) is 13.7. The summed E-state index contributed by atoms with van der Waals surface area (Å²) in [7, 11) is 0. The summed E-state index contributed by atoms with van der Waals surface area (Å²) >= 11 is 8.12. The molecular weight excluding hydrogens is 366 g/mol. The summed E-state index contributed by atoms with van der Waals surface area (Å²) in [5, 5.41) is 7.73. The second-order valence-corrected chi connectivity index (χ2v) is 7.34. The average molecular weight is 386 g/mol. The van der Waals surface area contributed by atoms with Crippen LogP contribution in [0.5, 0.6) is 0 Å². The Morgan fingerprint density at radius 3 is 2.46 bits per heavy atom. The van der Waals surface area contributed by atoms with E-state index in [1.54, 1.807) is 23.4 Å². The lowest BCUT2D eigenvalue weighted by Crippen LogP contribution is -2.26. The topological polar surface area (TPSA) is 46.9 Å². The number of aryl methyl sites for hydroxylation is 1. The van der Waals surface area contributed by atoms with Gasteiger partial charge in [0.25, 0.3) is 5.91 Å². The lowest BCUT2D eigenvalue weighted by Gasteiger charge is -2.06. The molecule has 0 saturated carbocycles. The summed E-state index contributed by atoms with van der Waals surface area (Å²) in [6, 6.07) is 20.0. The highest BCUT2D eigenvalue weighted by molar-refractivity contribution is 7.99. The number of carbonyl (C=O) groups excluding carboxylic acids is 1. The van der Waals surface area contributed by atoms with E-state index in [1.807, 2.05) is 48.5 Å². The van der Waals surface area contributed by atoms with E-state index in [2.05, 4.69) is 22.5 Å². The van der Waals surface area contributed by atoms with Gasteiger partial charge in [-0.1, -0.05) is 60.1 Å². The first kappa shape index (κ1) is 18.5. The summed E-state index contributed by atoms with van der Waals surface area (Å²) < 4.78 is 1.67. The van der Waals surface area contributed by atoms with Gasteiger partial charge in [0.05, 0.1) is 17.8 Å². The zero-order valence-corrected chi connectivity index (χ0v) is 16.1. The largest absolute Gasteiger partial charge is 0.351 e. The van der Waals surface area contributed by atoms with E-state index < -0.39 is 0 Å². The lowest BCUT2D eigenvalue weighted by atomic mass is 10.2. The number of thioether (sulfide) groups is 1. The van der Waals surface area contributed by atoms with Crippen molar-refractivity contribution in [3.63, 3.8) is 0 Å². The number of nitrogens with one attached hydrogen (secondary N) is 1. The molecule has 0 atom stereocenters. The molecule has 0 aliphatic carbocycles.